The van der Waals surface area contributed by atoms with Gasteiger partial charge in [0.25, 0.3) is 0 Å². The minimum atomic E-state index is -0.0863. The van der Waals surface area contributed by atoms with Crippen LogP contribution in [-0.2, 0) is 22.6 Å². The zero-order chi connectivity index (χ0) is 13.7. The van der Waals surface area contributed by atoms with Gasteiger partial charge in [-0.05, 0) is 30.5 Å². The lowest BCUT2D eigenvalue weighted by Crippen LogP contribution is -2.38. The highest BCUT2D eigenvalue weighted by molar-refractivity contribution is 5.72. The molecule has 2 N–H and O–H groups in total. The zero-order valence-electron chi connectivity index (χ0n) is 11.5. The van der Waals surface area contributed by atoms with E-state index in [2.05, 4.69) is 17.0 Å². The standard InChI is InChI=1S/C15H22N2O2/c1-19-15(18)14-7-4-8-17(11-14)10-13-6-3-2-5-12(13)9-16/h2-3,5-6,14H,4,7-11,16H2,1H3. The van der Waals surface area contributed by atoms with Gasteiger partial charge < -0.3 is 10.5 Å². The second-order valence-electron chi connectivity index (χ2n) is 5.07. The number of carbonyl (C=O) groups excluding carboxylic acids is 1. The molecule has 4 nitrogen and oxygen atoms in total. The zero-order valence-corrected chi connectivity index (χ0v) is 11.5. The fraction of sp³-hybridized carbons (Fsp3) is 0.533. The number of nitrogens with two attached hydrogens (primary N) is 1. The molecule has 0 bridgehead atoms. The number of benzene rings is 1. The first-order valence-corrected chi connectivity index (χ1v) is 6.81. The van der Waals surface area contributed by atoms with Gasteiger partial charge in [-0.25, -0.2) is 0 Å². The van der Waals surface area contributed by atoms with Gasteiger partial charge in [0, 0.05) is 19.6 Å². The SMILES string of the molecule is COC(=O)C1CCCN(Cc2ccccc2CN)C1. The predicted molar refractivity (Wildman–Crippen MR) is 74.4 cm³/mol. The number of esters is 1. The van der Waals surface area contributed by atoms with E-state index in [1.165, 1.54) is 18.2 Å². The first-order valence-electron chi connectivity index (χ1n) is 6.81. The number of hydrogen-bond donors (Lipinski definition) is 1. The Bertz CT molecular complexity index is 434. The van der Waals surface area contributed by atoms with Gasteiger partial charge in [-0.15, -0.1) is 0 Å². The van der Waals surface area contributed by atoms with E-state index < -0.39 is 0 Å². The number of carbonyl (C=O) groups is 1. The van der Waals surface area contributed by atoms with Crippen molar-refractivity contribution < 1.29 is 9.53 Å². The monoisotopic (exact) mass is 262 g/mol. The van der Waals surface area contributed by atoms with Crippen LogP contribution in [0.4, 0.5) is 0 Å². The molecule has 0 amide bonds. The van der Waals surface area contributed by atoms with Crippen molar-refractivity contribution in [3.8, 4) is 0 Å². The number of ether oxygens (including phenoxy) is 1. The van der Waals surface area contributed by atoms with Gasteiger partial charge in [0.2, 0.25) is 0 Å². The second kappa shape index (κ2) is 6.68. The summed E-state index contributed by atoms with van der Waals surface area (Å²) in [6.07, 6.45) is 1.98. The van der Waals surface area contributed by atoms with Gasteiger partial charge in [-0.2, -0.15) is 0 Å². The Labute approximate surface area is 114 Å². The summed E-state index contributed by atoms with van der Waals surface area (Å²) in [5, 5.41) is 0. The maximum atomic E-state index is 11.6. The Balaban J connectivity index is 2.00. The van der Waals surface area contributed by atoms with Crippen LogP contribution < -0.4 is 5.73 Å². The quantitative estimate of drug-likeness (QED) is 0.836. The molecule has 0 radical (unpaired) electrons. The predicted octanol–water partition coefficient (Wildman–Crippen LogP) is 1.53. The fourth-order valence-electron chi connectivity index (χ4n) is 2.71. The Morgan fingerprint density at radius 3 is 2.84 bits per heavy atom. The van der Waals surface area contributed by atoms with Crippen molar-refractivity contribution in [1.29, 1.82) is 0 Å². The molecule has 1 fully saturated rings. The lowest BCUT2D eigenvalue weighted by Gasteiger charge is -2.31. The van der Waals surface area contributed by atoms with Crippen LogP contribution in [0.5, 0.6) is 0 Å². The molecular weight excluding hydrogens is 240 g/mol. The maximum absolute atomic E-state index is 11.6. The molecule has 1 unspecified atom stereocenters. The Kier molecular flexibility index (Phi) is 4.93. The molecule has 1 atom stereocenters. The minimum Gasteiger partial charge on any atom is -0.469 e. The van der Waals surface area contributed by atoms with Crippen LogP contribution >= 0.6 is 0 Å². The van der Waals surface area contributed by atoms with E-state index in [0.717, 1.165) is 32.5 Å². The van der Waals surface area contributed by atoms with Crippen LogP contribution in [0.25, 0.3) is 0 Å². The normalized spacial score (nSPS) is 20.2. The average Bonchev–Trinajstić information content (AvgIpc) is 2.47. The maximum Gasteiger partial charge on any atom is 0.309 e. The molecule has 1 aromatic carbocycles. The van der Waals surface area contributed by atoms with Crippen LogP contribution in [0, 0.1) is 5.92 Å². The third kappa shape index (κ3) is 3.55. The van der Waals surface area contributed by atoms with E-state index in [1.54, 1.807) is 0 Å². The molecule has 1 heterocycles. The fourth-order valence-corrected chi connectivity index (χ4v) is 2.71. The smallest absolute Gasteiger partial charge is 0.309 e. The van der Waals surface area contributed by atoms with E-state index in [4.69, 9.17) is 10.5 Å². The van der Waals surface area contributed by atoms with E-state index in [0.29, 0.717) is 6.54 Å². The Hall–Kier alpha value is -1.39. The molecule has 0 spiro atoms. The number of methoxy groups -OCH3 is 1. The summed E-state index contributed by atoms with van der Waals surface area (Å²) in [7, 11) is 1.46. The lowest BCUT2D eigenvalue weighted by molar-refractivity contribution is -0.147. The Morgan fingerprint density at radius 2 is 2.16 bits per heavy atom. The second-order valence-corrected chi connectivity index (χ2v) is 5.07. The van der Waals surface area contributed by atoms with Gasteiger partial charge in [-0.3, -0.25) is 9.69 Å². The van der Waals surface area contributed by atoms with Crippen LogP contribution in [-0.4, -0.2) is 31.1 Å². The van der Waals surface area contributed by atoms with Crippen molar-refractivity contribution in [2.24, 2.45) is 11.7 Å². The summed E-state index contributed by atoms with van der Waals surface area (Å²) in [6.45, 7) is 3.24. The topological polar surface area (TPSA) is 55.6 Å². The van der Waals surface area contributed by atoms with Crippen LogP contribution in [0.2, 0.25) is 0 Å². The highest BCUT2D eigenvalue weighted by Gasteiger charge is 2.26. The summed E-state index contributed by atoms with van der Waals surface area (Å²) < 4.78 is 4.85. The summed E-state index contributed by atoms with van der Waals surface area (Å²) in [6, 6.07) is 8.23. The first kappa shape index (κ1) is 14.0. The molecule has 1 saturated heterocycles. The molecule has 1 aromatic rings. The number of rotatable bonds is 4. The number of piperidine rings is 1. The van der Waals surface area contributed by atoms with E-state index in [-0.39, 0.29) is 11.9 Å². The highest BCUT2D eigenvalue weighted by atomic mass is 16.5. The largest absolute Gasteiger partial charge is 0.469 e. The molecule has 2 rings (SSSR count). The van der Waals surface area contributed by atoms with Gasteiger partial charge >= 0.3 is 5.97 Å². The van der Waals surface area contributed by atoms with E-state index >= 15 is 0 Å². The molecule has 0 aliphatic carbocycles. The Morgan fingerprint density at radius 1 is 1.42 bits per heavy atom. The van der Waals surface area contributed by atoms with Gasteiger partial charge in [0.05, 0.1) is 13.0 Å². The molecule has 1 aliphatic rings. The van der Waals surface area contributed by atoms with Crippen molar-refractivity contribution in [3.05, 3.63) is 35.4 Å². The van der Waals surface area contributed by atoms with Crippen molar-refractivity contribution in [2.75, 3.05) is 20.2 Å². The average molecular weight is 262 g/mol. The van der Waals surface area contributed by atoms with Crippen molar-refractivity contribution in [2.45, 2.75) is 25.9 Å². The molecular formula is C15H22N2O2. The van der Waals surface area contributed by atoms with Crippen LogP contribution in [0.3, 0.4) is 0 Å². The number of likely N-dealkylation sites (tertiary alicyclic amines) is 1. The number of nitrogens with zero attached hydrogens (tertiary/aromatic N) is 1. The molecule has 19 heavy (non-hydrogen) atoms. The molecule has 104 valence electrons. The van der Waals surface area contributed by atoms with E-state index in [1.807, 2.05) is 12.1 Å². The molecule has 0 aromatic heterocycles. The summed E-state index contributed by atoms with van der Waals surface area (Å²) in [4.78, 5) is 13.9. The third-order valence-corrected chi connectivity index (χ3v) is 3.77. The van der Waals surface area contributed by atoms with Crippen LogP contribution in [0.15, 0.2) is 24.3 Å². The van der Waals surface area contributed by atoms with Crippen molar-refractivity contribution in [1.82, 2.24) is 4.90 Å². The van der Waals surface area contributed by atoms with Crippen molar-refractivity contribution in [3.63, 3.8) is 0 Å². The van der Waals surface area contributed by atoms with Gasteiger partial charge in [0.15, 0.2) is 0 Å². The summed E-state index contributed by atoms with van der Waals surface area (Å²) in [5.74, 6) is -0.0689. The van der Waals surface area contributed by atoms with Crippen molar-refractivity contribution >= 4 is 5.97 Å². The lowest BCUT2D eigenvalue weighted by atomic mass is 9.97. The highest BCUT2D eigenvalue weighted by Crippen LogP contribution is 2.20. The number of hydrogen-bond acceptors (Lipinski definition) is 4. The van der Waals surface area contributed by atoms with Gasteiger partial charge in [0.1, 0.15) is 0 Å². The molecule has 1 aliphatic heterocycles. The van der Waals surface area contributed by atoms with Gasteiger partial charge in [-0.1, -0.05) is 24.3 Å². The molecule has 4 heteroatoms. The third-order valence-electron chi connectivity index (χ3n) is 3.77. The van der Waals surface area contributed by atoms with E-state index in [9.17, 15) is 4.79 Å². The minimum absolute atomic E-state index is 0.0174. The first-order chi connectivity index (χ1) is 9.24. The summed E-state index contributed by atoms with van der Waals surface area (Å²) in [5.41, 5.74) is 8.20. The summed E-state index contributed by atoms with van der Waals surface area (Å²) >= 11 is 0. The van der Waals surface area contributed by atoms with Crippen LogP contribution in [0.1, 0.15) is 24.0 Å². The molecule has 0 saturated carbocycles.